The highest BCUT2D eigenvalue weighted by atomic mass is 32.1. The zero-order chi connectivity index (χ0) is 42.6. The first-order chi connectivity index (χ1) is 27.7. The van der Waals surface area contributed by atoms with Crippen molar-refractivity contribution < 1.29 is 38.7 Å². The van der Waals surface area contributed by atoms with Crippen LogP contribution in [0.25, 0.3) is 10.9 Å². The molecule has 16 N–H and O–H groups in total. The number of rotatable bonds is 24. The van der Waals surface area contributed by atoms with Crippen molar-refractivity contribution in [2.45, 2.75) is 68.7 Å². The van der Waals surface area contributed by atoms with Crippen LogP contribution in [-0.4, -0.2) is 113 Å². The summed E-state index contributed by atoms with van der Waals surface area (Å²) in [7, 11) is 0. The van der Waals surface area contributed by atoms with Gasteiger partial charge in [0.1, 0.15) is 30.2 Å². The second-order valence-corrected chi connectivity index (χ2v) is 13.6. The molecule has 0 radical (unpaired) electrons. The number of carboxylic acids is 1. The Bertz CT molecular complexity index is 1900. The van der Waals surface area contributed by atoms with Gasteiger partial charge in [0.05, 0.1) is 6.54 Å². The molecule has 0 fully saturated rings. The van der Waals surface area contributed by atoms with Crippen LogP contribution >= 0.6 is 12.6 Å². The summed E-state index contributed by atoms with van der Waals surface area (Å²) in [5.74, 6) is -5.65. The molecule has 2 aromatic carbocycles. The van der Waals surface area contributed by atoms with Crippen molar-refractivity contribution in [3.63, 3.8) is 0 Å². The van der Waals surface area contributed by atoms with Gasteiger partial charge in [-0.05, 0) is 42.9 Å². The van der Waals surface area contributed by atoms with Gasteiger partial charge in [0.2, 0.25) is 29.5 Å². The molecule has 7 amide bonds. The Balaban J connectivity index is 1.93. The highest BCUT2D eigenvalue weighted by Gasteiger charge is 2.33. The molecule has 0 saturated carbocycles. The zero-order valence-corrected chi connectivity index (χ0v) is 32.6. The Morgan fingerprint density at radius 3 is 1.78 bits per heavy atom. The average Bonchev–Trinajstić information content (AvgIpc) is 3.60. The van der Waals surface area contributed by atoms with Crippen molar-refractivity contribution in [2.75, 3.05) is 25.4 Å². The molecule has 0 saturated heterocycles. The van der Waals surface area contributed by atoms with E-state index in [1.165, 1.54) is 0 Å². The number of carbonyl (C=O) groups excluding carboxylic acids is 6. The summed E-state index contributed by atoms with van der Waals surface area (Å²) in [6, 6.07) is 8.75. The van der Waals surface area contributed by atoms with Crippen LogP contribution in [0, 0.1) is 5.41 Å². The van der Waals surface area contributed by atoms with Crippen LogP contribution in [0.4, 0.5) is 4.79 Å². The molecular weight excluding hydrogens is 773 g/mol. The van der Waals surface area contributed by atoms with Crippen LogP contribution in [0.1, 0.15) is 36.8 Å². The number of aromatic nitrogens is 1. The Kier molecular flexibility index (Phi) is 18.8. The number of urea groups is 1. The molecule has 0 aliphatic carbocycles. The van der Waals surface area contributed by atoms with Gasteiger partial charge in [-0.25, -0.2) is 9.59 Å². The SMILES string of the molecule is N=C(N)NCCC[C@H](NC(=O)[C@@H](Cc1ccccc1)NC(=O)[C@H](CCCNC(N)=O)NC(=O)CN)C(=O)N[C@@H](Cc1c[nH]c2ccccc12)C(=O)N[C@@H](CS)C(=O)O. The maximum absolute atomic E-state index is 14.2. The van der Waals surface area contributed by atoms with E-state index in [2.05, 4.69) is 54.8 Å². The quantitative estimate of drug-likeness (QED) is 0.0204. The number of thiol groups is 1. The molecule has 1 aromatic heterocycles. The van der Waals surface area contributed by atoms with E-state index in [0.717, 1.165) is 10.9 Å². The molecule has 0 bridgehead atoms. The molecule has 58 heavy (non-hydrogen) atoms. The van der Waals surface area contributed by atoms with Crippen molar-refractivity contribution >= 4 is 71.0 Å². The maximum atomic E-state index is 14.2. The van der Waals surface area contributed by atoms with Crippen molar-refractivity contribution in [1.29, 1.82) is 5.41 Å². The minimum Gasteiger partial charge on any atom is -0.480 e. The number of hydrogen-bond donors (Lipinski definition) is 14. The van der Waals surface area contributed by atoms with Crippen LogP contribution in [0.2, 0.25) is 0 Å². The fourth-order valence-corrected chi connectivity index (χ4v) is 6.15. The van der Waals surface area contributed by atoms with Gasteiger partial charge < -0.3 is 64.5 Å². The smallest absolute Gasteiger partial charge is 0.327 e. The number of hydrogen-bond acceptors (Lipinski definition) is 10. The van der Waals surface area contributed by atoms with Crippen LogP contribution in [0.5, 0.6) is 0 Å². The molecule has 0 spiro atoms. The minimum absolute atomic E-state index is 0.0261. The predicted octanol–water partition coefficient (Wildman–Crippen LogP) is -1.94. The van der Waals surface area contributed by atoms with Crippen LogP contribution < -0.4 is 54.4 Å². The number of para-hydroxylation sites is 1. The zero-order valence-electron chi connectivity index (χ0n) is 31.7. The van der Waals surface area contributed by atoms with Crippen molar-refractivity contribution in [1.82, 2.24) is 42.2 Å². The third kappa shape index (κ3) is 15.3. The topological polar surface area (TPSA) is 342 Å². The van der Waals surface area contributed by atoms with E-state index in [-0.39, 0.29) is 63.3 Å². The average molecular weight is 825 g/mol. The number of H-pyrrole nitrogens is 1. The third-order valence-corrected chi connectivity index (χ3v) is 9.23. The van der Waals surface area contributed by atoms with E-state index >= 15 is 0 Å². The molecule has 314 valence electrons. The number of amides is 7. The lowest BCUT2D eigenvalue weighted by molar-refractivity contribution is -0.141. The Hall–Kier alpha value is -6.35. The highest BCUT2D eigenvalue weighted by molar-refractivity contribution is 7.80. The van der Waals surface area contributed by atoms with Crippen LogP contribution in [0.3, 0.4) is 0 Å². The van der Waals surface area contributed by atoms with Gasteiger partial charge >= 0.3 is 12.0 Å². The van der Waals surface area contributed by atoms with Gasteiger partial charge in [0, 0.05) is 48.8 Å². The van der Waals surface area contributed by atoms with Gasteiger partial charge in [0.15, 0.2) is 5.96 Å². The van der Waals surface area contributed by atoms with Crippen LogP contribution in [0.15, 0.2) is 60.8 Å². The Morgan fingerprint density at radius 1 is 0.690 bits per heavy atom. The van der Waals surface area contributed by atoms with Crippen molar-refractivity contribution in [3.05, 3.63) is 71.9 Å². The van der Waals surface area contributed by atoms with E-state index < -0.39 is 78.3 Å². The predicted molar refractivity (Wildman–Crippen MR) is 218 cm³/mol. The highest BCUT2D eigenvalue weighted by Crippen LogP contribution is 2.19. The summed E-state index contributed by atoms with van der Waals surface area (Å²) in [6.45, 7) is -0.170. The summed E-state index contributed by atoms with van der Waals surface area (Å²) >= 11 is 4.04. The van der Waals surface area contributed by atoms with Gasteiger partial charge in [0.25, 0.3) is 0 Å². The summed E-state index contributed by atoms with van der Waals surface area (Å²) < 4.78 is 0. The lowest BCUT2D eigenvalue weighted by Crippen LogP contribution is -2.59. The summed E-state index contributed by atoms with van der Waals surface area (Å²) in [5.41, 5.74) is 18.1. The summed E-state index contributed by atoms with van der Waals surface area (Å²) in [5, 5.41) is 35.9. The van der Waals surface area contributed by atoms with Crippen LogP contribution in [-0.2, 0) is 41.6 Å². The number of benzene rings is 2. The lowest BCUT2D eigenvalue weighted by Gasteiger charge is -2.27. The number of nitrogens with two attached hydrogens (primary N) is 3. The van der Waals surface area contributed by atoms with E-state index in [1.54, 1.807) is 42.6 Å². The maximum Gasteiger partial charge on any atom is 0.327 e. The Labute approximate surface area is 339 Å². The number of nitrogens with one attached hydrogen (secondary N) is 9. The number of carboxylic acid groups (broad SMARTS) is 1. The summed E-state index contributed by atoms with van der Waals surface area (Å²) in [6.07, 6.45) is 2.03. The largest absolute Gasteiger partial charge is 0.480 e. The first-order valence-corrected chi connectivity index (χ1v) is 19.1. The molecule has 3 rings (SSSR count). The number of guanidine groups is 1. The van der Waals surface area contributed by atoms with Crippen molar-refractivity contribution in [3.8, 4) is 0 Å². The van der Waals surface area contributed by atoms with Crippen molar-refractivity contribution in [2.24, 2.45) is 17.2 Å². The molecule has 20 nitrogen and oxygen atoms in total. The number of fused-ring (bicyclic) bond motifs is 1. The molecule has 1 heterocycles. The molecular formula is C37H52N12O8S. The number of aromatic amines is 1. The number of primary amides is 1. The lowest BCUT2D eigenvalue weighted by atomic mass is 10.0. The Morgan fingerprint density at radius 2 is 1.21 bits per heavy atom. The second kappa shape index (κ2) is 23.7. The fraction of sp³-hybridized carbons (Fsp3) is 0.405. The third-order valence-electron chi connectivity index (χ3n) is 8.87. The standard InChI is InChI=1S/C37H52N12O8S/c38-18-30(50)45-25(12-7-15-43-37(41)57)31(51)47-27(16-21-8-2-1-3-9-21)33(53)46-26(13-6-14-42-36(39)40)32(52)48-28(34(54)49-29(20-58)35(55)56)17-22-19-44-24-11-5-4-10-23(22)24/h1-5,8-11,19,25-29,44,58H,6-7,12-18,20,38H2,(H,45,50)(H,46,53)(H,47,51)(H,48,52)(H,49,54)(H,55,56)(H4,39,40,42)(H3,41,43,57)/t25-,26-,27+,28-,29-/m0/s1. The van der Waals surface area contributed by atoms with E-state index in [4.69, 9.17) is 22.6 Å². The van der Waals surface area contributed by atoms with Gasteiger partial charge in [-0.15, -0.1) is 0 Å². The second-order valence-electron chi connectivity index (χ2n) is 13.3. The fourth-order valence-electron chi connectivity index (χ4n) is 5.90. The van der Waals surface area contributed by atoms with Gasteiger partial charge in [-0.1, -0.05) is 48.5 Å². The first-order valence-electron chi connectivity index (χ1n) is 18.5. The first kappa shape index (κ1) is 46.0. The molecule has 21 heteroatoms. The molecule has 5 atom stereocenters. The normalized spacial score (nSPS) is 13.4. The number of carbonyl (C=O) groups is 7. The van der Waals surface area contributed by atoms with Gasteiger partial charge in [-0.2, -0.15) is 12.6 Å². The molecule has 0 unspecified atom stereocenters. The van der Waals surface area contributed by atoms with Gasteiger partial charge in [-0.3, -0.25) is 29.4 Å². The monoisotopic (exact) mass is 824 g/mol. The molecule has 0 aliphatic heterocycles. The van der Waals surface area contributed by atoms with E-state index in [0.29, 0.717) is 11.1 Å². The minimum atomic E-state index is -1.37. The number of aliphatic carboxylic acids is 1. The van der Waals surface area contributed by atoms with E-state index in [9.17, 15) is 38.7 Å². The summed E-state index contributed by atoms with van der Waals surface area (Å²) in [4.78, 5) is 93.9. The van der Waals surface area contributed by atoms with E-state index in [1.807, 2.05) is 18.2 Å². The molecule has 0 aliphatic rings. The molecule has 3 aromatic rings.